The molecule has 33 nitrogen and oxygen atoms in total. The summed E-state index contributed by atoms with van der Waals surface area (Å²) in [6, 6.07) is 24.5. The third-order valence-electron chi connectivity index (χ3n) is 12.0. The van der Waals surface area contributed by atoms with Gasteiger partial charge in [0.05, 0.1) is 148 Å². The van der Waals surface area contributed by atoms with Crippen molar-refractivity contribution in [3.8, 4) is 70.3 Å². The largest absolute Gasteiger partial charge is 0.497 e. The molecule has 0 aliphatic rings. The fourth-order valence-electron chi connectivity index (χ4n) is 7.14. The number of rotatable bonds is 21. The van der Waals surface area contributed by atoms with Crippen molar-refractivity contribution in [2.45, 2.75) is 17.7 Å². The minimum Gasteiger partial charge on any atom is -0.497 e. The molecule has 0 radical (unpaired) electrons. The molecule has 0 bridgehead atoms. The molecular formula is C61H76ClN9O24S. The van der Waals surface area contributed by atoms with E-state index in [1.165, 1.54) is 150 Å². The van der Waals surface area contributed by atoms with Gasteiger partial charge >= 0.3 is 30.1 Å². The number of methoxy groups -OCH3 is 17. The van der Waals surface area contributed by atoms with Crippen LogP contribution in [0.4, 0.5) is 32.3 Å². The van der Waals surface area contributed by atoms with Gasteiger partial charge in [-0.2, -0.15) is 24.9 Å². The van der Waals surface area contributed by atoms with Crippen molar-refractivity contribution in [2.75, 3.05) is 143 Å². The molecule has 6 N–H and O–H groups in total. The van der Waals surface area contributed by atoms with Crippen molar-refractivity contribution in [3.63, 3.8) is 0 Å². The van der Waals surface area contributed by atoms with E-state index in [1.807, 2.05) is 24.3 Å². The Labute approximate surface area is 558 Å². The summed E-state index contributed by atoms with van der Waals surface area (Å²) in [7, 11) is 25.4. The number of hydrogen-bond acceptors (Lipinski definition) is 31. The molecule has 0 aliphatic carbocycles. The minimum atomic E-state index is -3.61. The monoisotopic (exact) mass is 1390 g/mol. The fraction of sp³-hybridized carbons (Fsp3) is 0.311. The molecule has 2 amide bonds. The summed E-state index contributed by atoms with van der Waals surface area (Å²) >= 11 is 0. The molecule has 2 aromatic carbocycles. The lowest BCUT2D eigenvalue weighted by molar-refractivity contribution is 0.0590. The molecule has 0 spiro atoms. The molecule has 0 fully saturated rings. The predicted molar refractivity (Wildman–Crippen MR) is 348 cm³/mol. The van der Waals surface area contributed by atoms with Crippen molar-refractivity contribution < 1.29 is 113 Å². The van der Waals surface area contributed by atoms with Crippen LogP contribution in [-0.2, 0) is 45.6 Å². The Bertz CT molecular complexity index is 3760. The standard InChI is InChI=1S/C18H21NO5.C11H14N2O6.2C9H12N2O4.C7H7ClO3S.C7H10N2O2/c1-21-13-8-5-12(6-9-13)7-10-14-15(18(20)24-4)11-16(22-2)19-17(14)23-3;1-16-7-5-6(10(14)18-3)8(9(12-7)17-2)13-11(15)19-4;1-13-6-4-5(9(12)15-3)7(10)8(11-6)14-2;1-13-7-5-4-6(8(11-7)14-2)10-9(12)15-3;1-11-6-2-4-7(5-3-6)12(8,9)10;1-10-6-4-3-5(8)7(9-6)11-2/h5-6,8-9,11H,7,10H2,1-4H3;5H,1-4H3,(H,13,15);4H,10H2,1-3H3;4-5H,1-3H3,(H,10,12);2-5H,1H3;3-4H,8H2,1-2H3. The quantitative estimate of drug-likeness (QED) is 0.0303. The summed E-state index contributed by atoms with van der Waals surface area (Å²) < 4.78 is 104. The molecule has 35 heteroatoms. The van der Waals surface area contributed by atoms with Crippen LogP contribution >= 0.6 is 10.7 Å². The van der Waals surface area contributed by atoms with E-state index in [-0.39, 0.29) is 56.8 Å². The molecule has 0 saturated heterocycles. The third-order valence-corrected chi connectivity index (χ3v) is 13.3. The number of nitrogens with two attached hydrogens (primary N) is 2. The lowest BCUT2D eigenvalue weighted by Crippen LogP contribution is -2.16. The Kier molecular flexibility index (Phi) is 35.2. The van der Waals surface area contributed by atoms with Crippen LogP contribution in [0.25, 0.3) is 0 Å². The van der Waals surface area contributed by atoms with E-state index in [0.29, 0.717) is 64.1 Å². The predicted octanol–water partition coefficient (Wildman–Crippen LogP) is 7.79. The van der Waals surface area contributed by atoms with Gasteiger partial charge in [0.15, 0.2) is 0 Å². The van der Waals surface area contributed by atoms with E-state index in [2.05, 4.69) is 54.5 Å². The number of carbonyl (C=O) groups is 5. The Hall–Kier alpha value is -11.4. The maximum atomic E-state index is 12.1. The summed E-state index contributed by atoms with van der Waals surface area (Å²) in [4.78, 5) is 77.4. The minimum absolute atomic E-state index is 0.00477. The van der Waals surface area contributed by atoms with Crippen molar-refractivity contribution in [2.24, 2.45) is 0 Å². The first-order valence-electron chi connectivity index (χ1n) is 27.1. The van der Waals surface area contributed by atoms with Gasteiger partial charge < -0.3 is 92.0 Å². The second-order valence-corrected chi connectivity index (χ2v) is 20.0. The van der Waals surface area contributed by atoms with Crippen LogP contribution in [0.15, 0.2) is 95.9 Å². The van der Waals surface area contributed by atoms with E-state index < -0.39 is 39.1 Å². The lowest BCUT2D eigenvalue weighted by atomic mass is 10.0. The number of aromatic nitrogens is 5. The van der Waals surface area contributed by atoms with Crippen molar-refractivity contribution in [1.82, 2.24) is 24.9 Å². The normalized spacial score (nSPS) is 9.81. The summed E-state index contributed by atoms with van der Waals surface area (Å²) in [6.45, 7) is 0. The molecule has 522 valence electrons. The number of ether oxygens (including phenoxy) is 17. The molecule has 0 saturated carbocycles. The van der Waals surface area contributed by atoms with E-state index in [0.717, 1.165) is 17.7 Å². The first-order valence-corrected chi connectivity index (χ1v) is 29.4. The van der Waals surface area contributed by atoms with Gasteiger partial charge in [0.2, 0.25) is 58.8 Å². The van der Waals surface area contributed by atoms with Gasteiger partial charge in [-0.15, -0.1) is 0 Å². The molecule has 7 aromatic rings. The molecule has 0 aliphatic heterocycles. The highest BCUT2D eigenvalue weighted by molar-refractivity contribution is 8.13. The van der Waals surface area contributed by atoms with Gasteiger partial charge in [0.1, 0.15) is 28.6 Å². The first-order chi connectivity index (χ1) is 45.8. The van der Waals surface area contributed by atoms with E-state index in [1.54, 1.807) is 37.4 Å². The van der Waals surface area contributed by atoms with Gasteiger partial charge in [0.25, 0.3) is 9.05 Å². The van der Waals surface area contributed by atoms with Gasteiger partial charge in [-0.05, 0) is 66.9 Å². The topological polar surface area (TPSA) is 417 Å². The van der Waals surface area contributed by atoms with Crippen LogP contribution in [0.3, 0.4) is 0 Å². The number of anilines is 4. The van der Waals surface area contributed by atoms with Crippen LogP contribution in [0.1, 0.15) is 42.2 Å². The van der Waals surface area contributed by atoms with Gasteiger partial charge in [-0.1, -0.05) is 12.1 Å². The smallest absolute Gasteiger partial charge is 0.411 e. The highest BCUT2D eigenvalue weighted by atomic mass is 35.7. The molecular weight excluding hydrogens is 1310 g/mol. The molecule has 96 heavy (non-hydrogen) atoms. The van der Waals surface area contributed by atoms with E-state index >= 15 is 0 Å². The first kappa shape index (κ1) is 80.7. The summed E-state index contributed by atoms with van der Waals surface area (Å²) in [5.41, 5.74) is 14.7. The molecule has 0 unspecified atom stereocenters. The number of esters is 3. The number of amides is 2. The highest BCUT2D eigenvalue weighted by Gasteiger charge is 2.24. The maximum absolute atomic E-state index is 12.1. The number of nitrogens with one attached hydrogen (secondary N) is 2. The number of pyridine rings is 5. The van der Waals surface area contributed by atoms with Crippen molar-refractivity contribution in [3.05, 3.63) is 119 Å². The fourth-order valence-corrected chi connectivity index (χ4v) is 7.91. The number of nitrogen functional groups attached to an aromatic ring is 2. The lowest BCUT2D eigenvalue weighted by Gasteiger charge is -2.13. The number of aryl methyl sites for hydroxylation is 1. The zero-order valence-corrected chi connectivity index (χ0v) is 57.1. The number of hydrogen-bond donors (Lipinski definition) is 4. The Morgan fingerprint density at radius 3 is 1.24 bits per heavy atom. The molecule has 7 rings (SSSR count). The Morgan fingerprint density at radius 1 is 0.396 bits per heavy atom. The van der Waals surface area contributed by atoms with E-state index in [9.17, 15) is 32.4 Å². The molecule has 0 atom stereocenters. The van der Waals surface area contributed by atoms with Crippen LogP contribution < -0.4 is 78.9 Å². The van der Waals surface area contributed by atoms with Crippen molar-refractivity contribution >= 4 is 72.6 Å². The highest BCUT2D eigenvalue weighted by Crippen LogP contribution is 2.33. The zero-order valence-electron chi connectivity index (χ0n) is 55.5. The van der Waals surface area contributed by atoms with Crippen LogP contribution in [0.2, 0.25) is 0 Å². The average Bonchev–Trinajstić information content (AvgIpc) is 0.848. The Balaban J connectivity index is 0.000000400. The number of halogens is 1. The molecule has 5 aromatic heterocycles. The van der Waals surface area contributed by atoms with Gasteiger partial charge in [0, 0.05) is 46.6 Å². The summed E-state index contributed by atoms with van der Waals surface area (Å²) in [5.74, 6) is 2.47. The maximum Gasteiger partial charge on any atom is 0.411 e. The van der Waals surface area contributed by atoms with Crippen LogP contribution in [0, 0.1) is 0 Å². The zero-order chi connectivity index (χ0) is 72.1. The van der Waals surface area contributed by atoms with Crippen LogP contribution in [0.5, 0.6) is 70.3 Å². The van der Waals surface area contributed by atoms with E-state index in [4.69, 9.17) is 83.7 Å². The van der Waals surface area contributed by atoms with Gasteiger partial charge in [-0.3, -0.25) is 10.6 Å². The second kappa shape index (κ2) is 41.9. The molecule has 5 heterocycles. The SMILES string of the molecule is COC(=O)Nc1c(C(=O)OC)cc(OC)nc1OC.COC(=O)Nc1ccc(OC)nc1OC.COC(=O)c1cc(OC)nc(OC)c1CCc1ccc(OC)cc1.COC(=O)c1cc(OC)nc(OC)c1N.COc1ccc(N)c(OC)n1.COc1ccc(S(=O)(=O)Cl)cc1. The number of benzene rings is 2. The van der Waals surface area contributed by atoms with Gasteiger partial charge in [-0.25, -0.2) is 32.4 Å². The van der Waals surface area contributed by atoms with Crippen LogP contribution in [-0.4, -0.2) is 184 Å². The summed E-state index contributed by atoms with van der Waals surface area (Å²) in [6.07, 6.45) is -0.0503. The second-order valence-electron chi connectivity index (χ2n) is 17.5. The Morgan fingerprint density at radius 2 is 0.792 bits per heavy atom. The average molecular weight is 1390 g/mol. The number of carbonyl (C=O) groups excluding carboxylic acids is 5. The van der Waals surface area contributed by atoms with Crippen molar-refractivity contribution in [1.29, 1.82) is 0 Å². The number of nitrogens with zero attached hydrogens (tertiary/aromatic N) is 5. The summed E-state index contributed by atoms with van der Waals surface area (Å²) in [5, 5.41) is 4.80. The third kappa shape index (κ3) is 25.2.